The van der Waals surface area contributed by atoms with Crippen molar-refractivity contribution >= 4 is 11.8 Å². The number of carbonyl (C=O) groups excluding carboxylic acids is 2. The van der Waals surface area contributed by atoms with E-state index < -0.39 is 17.5 Å². The molecule has 1 saturated carbocycles. The minimum absolute atomic E-state index is 0.0730. The van der Waals surface area contributed by atoms with Crippen LogP contribution >= 0.6 is 0 Å². The largest absolute Gasteiger partial charge is 0.353 e. The van der Waals surface area contributed by atoms with Crippen LogP contribution in [0.25, 0.3) is 0 Å². The van der Waals surface area contributed by atoms with E-state index in [2.05, 4.69) is 12.2 Å². The lowest BCUT2D eigenvalue weighted by Crippen LogP contribution is -2.47. The number of halogens is 2. The van der Waals surface area contributed by atoms with Crippen LogP contribution in [0.2, 0.25) is 0 Å². The Labute approximate surface area is 152 Å². The van der Waals surface area contributed by atoms with Crippen molar-refractivity contribution in [2.45, 2.75) is 51.5 Å². The van der Waals surface area contributed by atoms with Crippen molar-refractivity contribution in [3.63, 3.8) is 0 Å². The Hall–Kier alpha value is -1.98. The lowest BCUT2D eigenvalue weighted by Gasteiger charge is -2.34. The topological polar surface area (TPSA) is 49.4 Å². The van der Waals surface area contributed by atoms with Crippen LogP contribution in [0, 0.1) is 23.5 Å². The SMILES string of the molecule is CC1CCCCC1NC(=O)C1CCN(C(=O)c2ccc(F)cc2F)CC1. The molecule has 1 aromatic rings. The molecule has 1 saturated heterocycles. The van der Waals surface area contributed by atoms with Gasteiger partial charge in [-0.3, -0.25) is 9.59 Å². The number of amides is 2. The average molecular weight is 364 g/mol. The van der Waals surface area contributed by atoms with Gasteiger partial charge in [-0.05, 0) is 43.7 Å². The van der Waals surface area contributed by atoms with E-state index in [1.165, 1.54) is 12.5 Å². The fourth-order valence-electron chi connectivity index (χ4n) is 4.01. The Kier molecular flexibility index (Phi) is 5.89. The van der Waals surface area contributed by atoms with Crippen molar-refractivity contribution < 1.29 is 18.4 Å². The second kappa shape index (κ2) is 8.14. The van der Waals surface area contributed by atoms with E-state index in [-0.39, 0.29) is 23.4 Å². The molecular formula is C20H26F2N2O2. The predicted octanol–water partition coefficient (Wildman–Crippen LogP) is 3.51. The maximum atomic E-state index is 13.8. The molecule has 2 unspecified atom stereocenters. The maximum Gasteiger partial charge on any atom is 0.256 e. The first-order valence-electron chi connectivity index (χ1n) is 9.50. The van der Waals surface area contributed by atoms with Crippen molar-refractivity contribution in [3.8, 4) is 0 Å². The van der Waals surface area contributed by atoms with Gasteiger partial charge in [0.1, 0.15) is 11.6 Å². The van der Waals surface area contributed by atoms with E-state index in [0.717, 1.165) is 31.4 Å². The molecular weight excluding hydrogens is 338 g/mol. The molecule has 4 nitrogen and oxygen atoms in total. The second-order valence-corrected chi connectivity index (χ2v) is 7.57. The Morgan fingerprint density at radius 3 is 2.42 bits per heavy atom. The highest BCUT2D eigenvalue weighted by Crippen LogP contribution is 2.26. The Balaban J connectivity index is 1.53. The molecule has 3 rings (SSSR count). The van der Waals surface area contributed by atoms with Crippen LogP contribution in [0.15, 0.2) is 18.2 Å². The lowest BCUT2D eigenvalue weighted by molar-refractivity contribution is -0.127. The number of nitrogens with zero attached hydrogens (tertiary/aromatic N) is 1. The number of benzene rings is 1. The lowest BCUT2D eigenvalue weighted by atomic mass is 9.85. The standard InChI is InChI=1S/C20H26F2N2O2/c1-13-4-2-3-5-18(13)23-19(25)14-8-10-24(11-9-14)20(26)16-7-6-15(21)12-17(16)22/h6-7,12-14,18H,2-5,8-11H2,1H3,(H,23,25). The molecule has 142 valence electrons. The summed E-state index contributed by atoms with van der Waals surface area (Å²) in [5.74, 6) is -1.51. The number of nitrogens with one attached hydrogen (secondary N) is 1. The summed E-state index contributed by atoms with van der Waals surface area (Å²) in [6.07, 6.45) is 5.72. The van der Waals surface area contributed by atoms with Gasteiger partial charge in [-0.2, -0.15) is 0 Å². The molecule has 2 atom stereocenters. The van der Waals surface area contributed by atoms with Gasteiger partial charge in [-0.15, -0.1) is 0 Å². The van der Waals surface area contributed by atoms with Gasteiger partial charge in [0.15, 0.2) is 0 Å². The number of piperidine rings is 1. The highest BCUT2D eigenvalue weighted by molar-refractivity contribution is 5.94. The number of carbonyl (C=O) groups is 2. The van der Waals surface area contributed by atoms with E-state index in [9.17, 15) is 18.4 Å². The van der Waals surface area contributed by atoms with E-state index in [1.807, 2.05) is 0 Å². The zero-order chi connectivity index (χ0) is 18.7. The van der Waals surface area contributed by atoms with Crippen LogP contribution in [-0.2, 0) is 4.79 Å². The van der Waals surface area contributed by atoms with Gasteiger partial charge in [0.25, 0.3) is 5.91 Å². The summed E-state index contributed by atoms with van der Waals surface area (Å²) in [4.78, 5) is 26.5. The molecule has 2 aliphatic rings. The Morgan fingerprint density at radius 2 is 1.77 bits per heavy atom. The van der Waals surface area contributed by atoms with Crippen LogP contribution in [0.1, 0.15) is 55.8 Å². The molecule has 1 aliphatic heterocycles. The minimum Gasteiger partial charge on any atom is -0.353 e. The van der Waals surface area contributed by atoms with Gasteiger partial charge in [-0.1, -0.05) is 19.8 Å². The zero-order valence-electron chi connectivity index (χ0n) is 15.1. The fourth-order valence-corrected chi connectivity index (χ4v) is 4.01. The third kappa shape index (κ3) is 4.22. The van der Waals surface area contributed by atoms with Gasteiger partial charge < -0.3 is 10.2 Å². The van der Waals surface area contributed by atoms with Gasteiger partial charge >= 0.3 is 0 Å². The van der Waals surface area contributed by atoms with Gasteiger partial charge in [-0.25, -0.2) is 8.78 Å². The quantitative estimate of drug-likeness (QED) is 0.892. The molecule has 0 radical (unpaired) electrons. The van der Waals surface area contributed by atoms with E-state index >= 15 is 0 Å². The first-order chi connectivity index (χ1) is 12.5. The monoisotopic (exact) mass is 364 g/mol. The predicted molar refractivity (Wildman–Crippen MR) is 94.5 cm³/mol. The third-order valence-corrected chi connectivity index (χ3v) is 5.75. The molecule has 1 aromatic carbocycles. The summed E-state index contributed by atoms with van der Waals surface area (Å²) in [5, 5.41) is 3.19. The Morgan fingerprint density at radius 1 is 1.08 bits per heavy atom. The minimum atomic E-state index is -0.846. The van der Waals surface area contributed by atoms with Crippen LogP contribution in [0.4, 0.5) is 8.78 Å². The van der Waals surface area contributed by atoms with Gasteiger partial charge in [0.05, 0.1) is 5.56 Å². The van der Waals surface area contributed by atoms with Crippen LogP contribution in [0.3, 0.4) is 0 Å². The molecule has 1 N–H and O–H groups in total. The summed E-state index contributed by atoms with van der Waals surface area (Å²) in [6.45, 7) is 3.00. The van der Waals surface area contributed by atoms with Crippen molar-refractivity contribution in [1.29, 1.82) is 0 Å². The molecule has 6 heteroatoms. The molecule has 26 heavy (non-hydrogen) atoms. The first kappa shape index (κ1) is 18.8. The number of hydrogen-bond acceptors (Lipinski definition) is 2. The third-order valence-electron chi connectivity index (χ3n) is 5.75. The number of rotatable bonds is 3. The smallest absolute Gasteiger partial charge is 0.256 e. The summed E-state index contributed by atoms with van der Waals surface area (Å²) in [7, 11) is 0. The molecule has 2 fully saturated rings. The highest BCUT2D eigenvalue weighted by Gasteiger charge is 2.31. The number of hydrogen-bond donors (Lipinski definition) is 1. The van der Waals surface area contributed by atoms with Gasteiger partial charge in [0.2, 0.25) is 5.91 Å². The summed E-state index contributed by atoms with van der Waals surface area (Å²) in [6, 6.07) is 3.24. The molecule has 1 aliphatic carbocycles. The molecule has 2 amide bonds. The zero-order valence-corrected chi connectivity index (χ0v) is 15.1. The van der Waals surface area contributed by atoms with Crippen LogP contribution in [-0.4, -0.2) is 35.8 Å². The molecule has 0 spiro atoms. The summed E-state index contributed by atoms with van der Waals surface area (Å²) >= 11 is 0. The summed E-state index contributed by atoms with van der Waals surface area (Å²) in [5.41, 5.74) is -0.120. The second-order valence-electron chi connectivity index (χ2n) is 7.57. The van der Waals surface area contributed by atoms with Crippen molar-refractivity contribution in [3.05, 3.63) is 35.4 Å². The first-order valence-corrected chi connectivity index (χ1v) is 9.50. The highest BCUT2D eigenvalue weighted by atomic mass is 19.1. The van der Waals surface area contributed by atoms with Crippen molar-refractivity contribution in [2.24, 2.45) is 11.8 Å². The van der Waals surface area contributed by atoms with E-state index in [4.69, 9.17) is 0 Å². The molecule has 0 aromatic heterocycles. The van der Waals surface area contributed by atoms with Gasteiger partial charge in [0, 0.05) is 31.1 Å². The number of likely N-dealkylation sites (tertiary alicyclic amines) is 1. The van der Waals surface area contributed by atoms with Crippen LogP contribution in [0.5, 0.6) is 0 Å². The Bertz CT molecular complexity index is 672. The normalized spacial score (nSPS) is 24.3. The maximum absolute atomic E-state index is 13.8. The molecule has 0 bridgehead atoms. The average Bonchev–Trinajstić information content (AvgIpc) is 2.63. The summed E-state index contributed by atoms with van der Waals surface area (Å²) < 4.78 is 26.8. The van der Waals surface area contributed by atoms with E-state index in [0.29, 0.717) is 31.8 Å². The molecule has 1 heterocycles. The van der Waals surface area contributed by atoms with Crippen molar-refractivity contribution in [1.82, 2.24) is 10.2 Å². The fraction of sp³-hybridized carbons (Fsp3) is 0.600. The van der Waals surface area contributed by atoms with Crippen molar-refractivity contribution in [2.75, 3.05) is 13.1 Å². The van der Waals surface area contributed by atoms with E-state index in [1.54, 1.807) is 4.90 Å². The van der Waals surface area contributed by atoms with Crippen LogP contribution < -0.4 is 5.32 Å².